The summed E-state index contributed by atoms with van der Waals surface area (Å²) < 4.78 is 1.95. The van der Waals surface area contributed by atoms with Gasteiger partial charge in [0.05, 0.1) is 0 Å². The third-order valence-electron chi connectivity index (χ3n) is 2.46. The van der Waals surface area contributed by atoms with Gasteiger partial charge in [0.25, 0.3) is 0 Å². The highest BCUT2D eigenvalue weighted by Gasteiger charge is 2.14. The number of hydrogen-bond acceptors (Lipinski definition) is 3. The second kappa shape index (κ2) is 4.45. The van der Waals surface area contributed by atoms with Crippen LogP contribution in [0.3, 0.4) is 0 Å². The van der Waals surface area contributed by atoms with Crippen LogP contribution >= 0.6 is 0 Å². The fourth-order valence-corrected chi connectivity index (χ4v) is 1.76. The average Bonchev–Trinajstić information content (AvgIpc) is 2.73. The lowest BCUT2D eigenvalue weighted by atomic mass is 10.2. The van der Waals surface area contributed by atoms with E-state index in [1.165, 1.54) is 0 Å². The van der Waals surface area contributed by atoms with E-state index in [9.17, 15) is 5.11 Å². The van der Waals surface area contributed by atoms with Crippen LogP contribution in [0.2, 0.25) is 0 Å². The predicted octanol–water partition coefficient (Wildman–Crippen LogP) is 2.02. The highest BCUT2D eigenvalue weighted by molar-refractivity contribution is 5.55. The molecule has 0 amide bonds. The minimum atomic E-state index is -0.0853. The molecule has 1 aromatic carbocycles. The van der Waals surface area contributed by atoms with Gasteiger partial charge in [-0.2, -0.15) is 0 Å². The summed E-state index contributed by atoms with van der Waals surface area (Å²) in [6, 6.07) is 10.1. The second-order valence-electron chi connectivity index (χ2n) is 3.93. The third kappa shape index (κ3) is 1.84. The summed E-state index contributed by atoms with van der Waals surface area (Å²) in [6.07, 6.45) is 0. The molecule has 0 fully saturated rings. The standard InChI is InChI=1S/C12H15N3O/c1-9(2)15-11(8-16)13-14-12(15)10-6-4-3-5-7-10/h3-7,9,16H,8H2,1-2H3. The first-order chi connectivity index (χ1) is 7.74. The van der Waals surface area contributed by atoms with E-state index >= 15 is 0 Å². The van der Waals surface area contributed by atoms with Crippen molar-refractivity contribution in [2.24, 2.45) is 0 Å². The predicted molar refractivity (Wildman–Crippen MR) is 61.8 cm³/mol. The topological polar surface area (TPSA) is 50.9 Å². The van der Waals surface area contributed by atoms with Crippen molar-refractivity contribution in [1.29, 1.82) is 0 Å². The Labute approximate surface area is 94.6 Å². The Bertz CT molecular complexity index is 462. The van der Waals surface area contributed by atoms with Crippen molar-refractivity contribution >= 4 is 0 Å². The molecule has 0 aliphatic rings. The number of nitrogens with zero attached hydrogens (tertiary/aromatic N) is 3. The van der Waals surface area contributed by atoms with Gasteiger partial charge in [0.2, 0.25) is 0 Å². The van der Waals surface area contributed by atoms with E-state index in [-0.39, 0.29) is 12.6 Å². The largest absolute Gasteiger partial charge is 0.388 e. The third-order valence-corrected chi connectivity index (χ3v) is 2.46. The summed E-state index contributed by atoms with van der Waals surface area (Å²) in [7, 11) is 0. The first kappa shape index (κ1) is 10.8. The Morgan fingerprint density at radius 1 is 1.19 bits per heavy atom. The van der Waals surface area contributed by atoms with Gasteiger partial charge in [-0.05, 0) is 13.8 Å². The maximum Gasteiger partial charge on any atom is 0.164 e. The van der Waals surface area contributed by atoms with Gasteiger partial charge >= 0.3 is 0 Å². The number of aromatic nitrogens is 3. The van der Waals surface area contributed by atoms with Crippen molar-refractivity contribution in [3.8, 4) is 11.4 Å². The minimum Gasteiger partial charge on any atom is -0.388 e. The number of rotatable bonds is 3. The zero-order valence-electron chi connectivity index (χ0n) is 9.46. The van der Waals surface area contributed by atoms with Crippen LogP contribution in [0.5, 0.6) is 0 Å². The molecule has 1 heterocycles. The lowest BCUT2D eigenvalue weighted by Crippen LogP contribution is -2.08. The maximum atomic E-state index is 9.20. The van der Waals surface area contributed by atoms with Gasteiger partial charge in [-0.15, -0.1) is 10.2 Å². The molecule has 0 unspecified atom stereocenters. The van der Waals surface area contributed by atoms with Crippen LogP contribution in [0.25, 0.3) is 11.4 Å². The average molecular weight is 217 g/mol. The molecule has 0 saturated heterocycles. The molecule has 0 bridgehead atoms. The zero-order chi connectivity index (χ0) is 11.5. The van der Waals surface area contributed by atoms with Crippen LogP contribution in [0.4, 0.5) is 0 Å². The molecule has 0 aliphatic carbocycles. The summed E-state index contributed by atoms with van der Waals surface area (Å²) in [4.78, 5) is 0. The van der Waals surface area contributed by atoms with E-state index < -0.39 is 0 Å². The van der Waals surface area contributed by atoms with Gasteiger partial charge in [0, 0.05) is 11.6 Å². The van der Waals surface area contributed by atoms with E-state index in [4.69, 9.17) is 0 Å². The summed E-state index contributed by atoms with van der Waals surface area (Å²) in [6.45, 7) is 4.02. The molecular formula is C12H15N3O. The maximum absolute atomic E-state index is 9.20. The summed E-state index contributed by atoms with van der Waals surface area (Å²) in [5.74, 6) is 1.41. The fraction of sp³-hybridized carbons (Fsp3) is 0.333. The molecule has 4 heteroatoms. The number of benzene rings is 1. The van der Waals surface area contributed by atoms with Crippen LogP contribution in [0.1, 0.15) is 25.7 Å². The van der Waals surface area contributed by atoms with Crippen molar-refractivity contribution in [1.82, 2.24) is 14.8 Å². The number of aliphatic hydroxyl groups is 1. The first-order valence-electron chi connectivity index (χ1n) is 5.34. The normalized spacial score (nSPS) is 11.0. The molecule has 4 nitrogen and oxygen atoms in total. The molecule has 1 aromatic heterocycles. The molecule has 0 saturated carbocycles. The molecule has 16 heavy (non-hydrogen) atoms. The van der Waals surface area contributed by atoms with Crippen molar-refractivity contribution in [3.05, 3.63) is 36.2 Å². The zero-order valence-corrected chi connectivity index (χ0v) is 9.46. The highest BCUT2D eigenvalue weighted by atomic mass is 16.3. The summed E-state index contributed by atoms with van der Waals surface area (Å²) >= 11 is 0. The van der Waals surface area contributed by atoms with Gasteiger partial charge in [-0.25, -0.2) is 0 Å². The minimum absolute atomic E-state index is 0.0853. The van der Waals surface area contributed by atoms with Gasteiger partial charge in [0.15, 0.2) is 11.6 Å². The van der Waals surface area contributed by atoms with E-state index in [1.54, 1.807) is 0 Å². The Balaban J connectivity index is 2.53. The van der Waals surface area contributed by atoms with Gasteiger partial charge in [-0.3, -0.25) is 0 Å². The van der Waals surface area contributed by atoms with E-state index in [2.05, 4.69) is 24.0 Å². The molecule has 0 aliphatic heterocycles. The Morgan fingerprint density at radius 2 is 1.88 bits per heavy atom. The van der Waals surface area contributed by atoms with Gasteiger partial charge in [0.1, 0.15) is 6.61 Å². The smallest absolute Gasteiger partial charge is 0.164 e. The van der Waals surface area contributed by atoms with Gasteiger partial charge in [-0.1, -0.05) is 30.3 Å². The van der Waals surface area contributed by atoms with Crippen molar-refractivity contribution in [3.63, 3.8) is 0 Å². The lowest BCUT2D eigenvalue weighted by molar-refractivity contribution is 0.262. The molecule has 84 valence electrons. The molecule has 0 atom stereocenters. The molecule has 0 radical (unpaired) electrons. The van der Waals surface area contributed by atoms with Crippen molar-refractivity contribution < 1.29 is 5.11 Å². The molecule has 0 spiro atoms. The molecular weight excluding hydrogens is 202 g/mol. The number of aliphatic hydroxyl groups excluding tert-OH is 1. The molecule has 2 rings (SSSR count). The van der Waals surface area contributed by atoms with E-state index in [1.807, 2.05) is 34.9 Å². The van der Waals surface area contributed by atoms with E-state index in [0.29, 0.717) is 5.82 Å². The number of hydrogen-bond donors (Lipinski definition) is 1. The van der Waals surface area contributed by atoms with Crippen LogP contribution < -0.4 is 0 Å². The summed E-state index contributed by atoms with van der Waals surface area (Å²) in [5, 5.41) is 17.3. The van der Waals surface area contributed by atoms with Crippen LogP contribution in [-0.4, -0.2) is 19.9 Å². The van der Waals surface area contributed by atoms with Crippen LogP contribution in [0.15, 0.2) is 30.3 Å². The quantitative estimate of drug-likeness (QED) is 0.855. The Hall–Kier alpha value is -1.68. The fourth-order valence-electron chi connectivity index (χ4n) is 1.76. The SMILES string of the molecule is CC(C)n1c(CO)nnc1-c1ccccc1. The molecule has 2 aromatic rings. The first-order valence-corrected chi connectivity index (χ1v) is 5.34. The van der Waals surface area contributed by atoms with Crippen molar-refractivity contribution in [2.45, 2.75) is 26.5 Å². The van der Waals surface area contributed by atoms with Crippen molar-refractivity contribution in [2.75, 3.05) is 0 Å². The van der Waals surface area contributed by atoms with E-state index in [0.717, 1.165) is 11.4 Å². The van der Waals surface area contributed by atoms with Crippen LogP contribution in [0, 0.1) is 0 Å². The Morgan fingerprint density at radius 3 is 2.44 bits per heavy atom. The lowest BCUT2D eigenvalue weighted by Gasteiger charge is -2.12. The van der Waals surface area contributed by atoms with Crippen LogP contribution in [-0.2, 0) is 6.61 Å². The second-order valence-corrected chi connectivity index (χ2v) is 3.93. The Kier molecular flexibility index (Phi) is 3.01. The monoisotopic (exact) mass is 217 g/mol. The van der Waals surface area contributed by atoms with Gasteiger partial charge < -0.3 is 9.67 Å². The summed E-state index contributed by atoms with van der Waals surface area (Å²) in [5.41, 5.74) is 1.02. The highest BCUT2D eigenvalue weighted by Crippen LogP contribution is 2.21. The molecule has 1 N–H and O–H groups in total.